The molecule has 1 unspecified atom stereocenters. The van der Waals surface area contributed by atoms with Gasteiger partial charge in [-0.25, -0.2) is 9.59 Å². The summed E-state index contributed by atoms with van der Waals surface area (Å²) in [7, 11) is 0. The first kappa shape index (κ1) is 15.1. The maximum Gasteiger partial charge on any atom is 0.327 e. The molecule has 0 aromatic heterocycles. The predicted molar refractivity (Wildman–Crippen MR) is 52.9 cm³/mol. The Morgan fingerprint density at radius 1 is 1.43 bits per heavy atom. The van der Waals surface area contributed by atoms with Crippen LogP contribution >= 0.6 is 12.6 Å². The van der Waals surface area contributed by atoms with Crippen LogP contribution in [-0.2, 0) is 9.59 Å². The minimum Gasteiger partial charge on any atom is -0.480 e. The second-order valence-corrected chi connectivity index (χ2v) is 2.54. The van der Waals surface area contributed by atoms with Gasteiger partial charge in [-0.1, -0.05) is 0 Å². The maximum absolute atomic E-state index is 10.3. The van der Waals surface area contributed by atoms with E-state index in [9.17, 15) is 9.59 Å². The summed E-state index contributed by atoms with van der Waals surface area (Å²) in [4.78, 5) is 29.5. The summed E-state index contributed by atoms with van der Waals surface area (Å²) in [6, 6.07) is -1.71. The molecule has 1 atom stereocenters. The first-order chi connectivity index (χ1) is 6.31. The highest BCUT2D eigenvalue weighted by molar-refractivity contribution is 7.80. The number of carboxylic acids is 1. The second kappa shape index (κ2) is 8.17. The molecular formula is C6H13N3O4S. The molecule has 6 N–H and O–H groups in total. The van der Waals surface area contributed by atoms with Gasteiger partial charge in [-0.15, -0.1) is 0 Å². The highest BCUT2D eigenvalue weighted by atomic mass is 32.1. The van der Waals surface area contributed by atoms with E-state index in [2.05, 4.69) is 29.4 Å². The van der Waals surface area contributed by atoms with Crippen molar-refractivity contribution in [3.05, 3.63) is 0 Å². The number of urea groups is 1. The van der Waals surface area contributed by atoms with Crippen molar-refractivity contribution in [3.63, 3.8) is 0 Å². The van der Waals surface area contributed by atoms with Gasteiger partial charge in [0, 0.05) is 12.7 Å². The summed E-state index contributed by atoms with van der Waals surface area (Å²) in [5, 5.41) is 10.6. The molecular weight excluding hydrogens is 210 g/mol. The molecule has 0 aliphatic heterocycles. The molecule has 7 nitrogen and oxygen atoms in total. The molecule has 0 aliphatic carbocycles. The van der Waals surface area contributed by atoms with Gasteiger partial charge in [-0.2, -0.15) is 12.6 Å². The van der Waals surface area contributed by atoms with Crippen molar-refractivity contribution in [2.45, 2.75) is 13.0 Å². The van der Waals surface area contributed by atoms with Crippen LogP contribution in [0.2, 0.25) is 0 Å². The van der Waals surface area contributed by atoms with Crippen LogP contribution in [0.5, 0.6) is 0 Å². The number of rotatable bonds is 3. The van der Waals surface area contributed by atoms with E-state index in [1.807, 2.05) is 0 Å². The van der Waals surface area contributed by atoms with Crippen molar-refractivity contribution in [1.82, 2.24) is 5.32 Å². The maximum atomic E-state index is 10.3. The normalized spacial score (nSPS) is 10.4. The minimum absolute atomic E-state index is 0.106. The third kappa shape index (κ3) is 13.2. The number of carboxylic acid groups (broad SMARTS) is 1. The van der Waals surface area contributed by atoms with E-state index in [0.717, 1.165) is 0 Å². The number of primary amides is 2. The fourth-order valence-corrected chi connectivity index (χ4v) is 0.678. The van der Waals surface area contributed by atoms with E-state index in [4.69, 9.17) is 9.90 Å². The van der Waals surface area contributed by atoms with Crippen LogP contribution in [0.4, 0.5) is 4.79 Å². The Kier molecular flexibility index (Phi) is 8.79. The van der Waals surface area contributed by atoms with Crippen molar-refractivity contribution in [2.75, 3.05) is 5.75 Å². The summed E-state index contributed by atoms with van der Waals surface area (Å²) in [5.74, 6) is -1.32. The summed E-state index contributed by atoms with van der Waals surface area (Å²) >= 11 is 3.73. The number of carbonyl (C=O) groups excluding carboxylic acids is 2. The van der Waals surface area contributed by atoms with Crippen LogP contribution in [0, 0.1) is 0 Å². The van der Waals surface area contributed by atoms with Crippen LogP contribution in [0.25, 0.3) is 0 Å². The number of thiol groups is 1. The zero-order valence-electron chi connectivity index (χ0n) is 7.56. The van der Waals surface area contributed by atoms with Gasteiger partial charge >= 0.3 is 12.0 Å². The monoisotopic (exact) mass is 223 g/mol. The molecule has 0 bridgehead atoms. The number of hydrogen-bond donors (Lipinski definition) is 5. The quantitative estimate of drug-likeness (QED) is 0.373. The number of nitrogens with one attached hydrogen (secondary N) is 1. The van der Waals surface area contributed by atoms with Gasteiger partial charge in [0.25, 0.3) is 0 Å². The largest absolute Gasteiger partial charge is 0.480 e. The van der Waals surface area contributed by atoms with Gasteiger partial charge < -0.3 is 21.9 Å². The summed E-state index contributed by atoms with van der Waals surface area (Å²) in [6.45, 7) is 1.26. The molecule has 0 aromatic carbocycles. The lowest BCUT2D eigenvalue weighted by atomic mass is 10.3. The number of hydrogen-bond acceptors (Lipinski definition) is 4. The Balaban J connectivity index is 0. The molecule has 82 valence electrons. The lowest BCUT2D eigenvalue weighted by Crippen LogP contribution is -2.40. The molecule has 14 heavy (non-hydrogen) atoms. The molecule has 3 amide bonds. The standard InChI is InChI=1S/C5H9NO3S.CH4N2O/c1-3(7)6-4(2-10)5(8)9;2-1(3)4/h4,10H,2H2,1H3,(H,6,7)(H,8,9);(H4,2,3,4). The highest BCUT2D eigenvalue weighted by Crippen LogP contribution is 1.86. The van der Waals surface area contributed by atoms with E-state index in [1.165, 1.54) is 6.92 Å². The van der Waals surface area contributed by atoms with Crippen LogP contribution < -0.4 is 16.8 Å². The fraction of sp³-hybridized carbons (Fsp3) is 0.500. The average molecular weight is 223 g/mol. The summed E-state index contributed by atoms with van der Waals surface area (Å²) in [5.41, 5.74) is 8.50. The Bertz CT molecular complexity index is 217. The second-order valence-electron chi connectivity index (χ2n) is 2.18. The Labute approximate surface area is 86.2 Å². The molecule has 0 radical (unpaired) electrons. The van der Waals surface area contributed by atoms with Crippen molar-refractivity contribution in [3.8, 4) is 0 Å². The van der Waals surface area contributed by atoms with Crippen LogP contribution in [0.15, 0.2) is 0 Å². The van der Waals surface area contributed by atoms with E-state index >= 15 is 0 Å². The fourth-order valence-electron chi connectivity index (χ4n) is 0.431. The SMILES string of the molecule is CC(=O)NC(CS)C(=O)O.NC(N)=O. The molecule has 0 saturated carbocycles. The molecule has 0 saturated heterocycles. The molecule has 0 heterocycles. The molecule has 8 heteroatoms. The third-order valence-electron chi connectivity index (χ3n) is 0.858. The van der Waals surface area contributed by atoms with Gasteiger partial charge in [0.15, 0.2) is 0 Å². The third-order valence-corrected chi connectivity index (χ3v) is 1.22. The molecule has 0 fully saturated rings. The zero-order chi connectivity index (χ0) is 11.7. The van der Waals surface area contributed by atoms with Gasteiger partial charge in [-0.3, -0.25) is 4.79 Å². The van der Waals surface area contributed by atoms with Gasteiger partial charge in [0.1, 0.15) is 6.04 Å². The Morgan fingerprint density at radius 2 is 1.79 bits per heavy atom. The Hall–Kier alpha value is -1.44. The van der Waals surface area contributed by atoms with Crippen LogP contribution in [0.3, 0.4) is 0 Å². The lowest BCUT2D eigenvalue weighted by molar-refractivity contribution is -0.140. The first-order valence-electron chi connectivity index (χ1n) is 3.47. The summed E-state index contributed by atoms with van der Waals surface area (Å²) in [6.07, 6.45) is 0. The van der Waals surface area contributed by atoms with Crippen molar-refractivity contribution >= 4 is 30.5 Å². The van der Waals surface area contributed by atoms with Gasteiger partial charge in [0.2, 0.25) is 5.91 Å². The topological polar surface area (TPSA) is 136 Å². The number of nitrogens with two attached hydrogens (primary N) is 2. The molecule has 0 spiro atoms. The number of carbonyl (C=O) groups is 3. The van der Waals surface area contributed by atoms with E-state index in [1.54, 1.807) is 0 Å². The van der Waals surface area contributed by atoms with Crippen molar-refractivity contribution in [1.29, 1.82) is 0 Å². The zero-order valence-corrected chi connectivity index (χ0v) is 8.45. The van der Waals surface area contributed by atoms with E-state index in [-0.39, 0.29) is 11.7 Å². The smallest absolute Gasteiger partial charge is 0.327 e. The van der Waals surface area contributed by atoms with E-state index < -0.39 is 18.0 Å². The van der Waals surface area contributed by atoms with E-state index in [0.29, 0.717) is 0 Å². The first-order valence-corrected chi connectivity index (χ1v) is 4.10. The molecule has 0 aromatic rings. The van der Waals surface area contributed by atoms with Crippen molar-refractivity contribution < 1.29 is 19.5 Å². The Morgan fingerprint density at radius 3 is 1.86 bits per heavy atom. The van der Waals surface area contributed by atoms with Crippen LogP contribution in [0.1, 0.15) is 6.92 Å². The van der Waals surface area contributed by atoms with Crippen LogP contribution in [-0.4, -0.2) is 34.8 Å². The number of aliphatic carboxylic acids is 1. The predicted octanol–water partition coefficient (Wildman–Crippen LogP) is -1.47. The average Bonchev–Trinajstić information content (AvgIpc) is 1.98. The van der Waals surface area contributed by atoms with Gasteiger partial charge in [-0.05, 0) is 0 Å². The lowest BCUT2D eigenvalue weighted by Gasteiger charge is -2.08. The minimum atomic E-state index is -1.06. The van der Waals surface area contributed by atoms with Gasteiger partial charge in [0.05, 0.1) is 0 Å². The van der Waals surface area contributed by atoms with Crippen molar-refractivity contribution in [2.24, 2.45) is 11.5 Å². The highest BCUT2D eigenvalue weighted by Gasteiger charge is 2.15. The molecule has 0 rings (SSSR count). The summed E-state index contributed by atoms with van der Waals surface area (Å²) < 4.78 is 0. The molecule has 0 aliphatic rings. The number of amides is 3.